The van der Waals surface area contributed by atoms with Crippen LogP contribution in [0.4, 0.5) is 11.6 Å². The summed E-state index contributed by atoms with van der Waals surface area (Å²) in [6.07, 6.45) is 1.31. The zero-order valence-electron chi connectivity index (χ0n) is 21.7. The molecule has 0 atom stereocenters. The fourth-order valence-electron chi connectivity index (χ4n) is 4.83. The van der Waals surface area contributed by atoms with Gasteiger partial charge in [-0.15, -0.1) is 0 Å². The highest BCUT2D eigenvalue weighted by Gasteiger charge is 2.20. The number of benzene rings is 2. The van der Waals surface area contributed by atoms with Crippen LogP contribution < -0.4 is 20.9 Å². The maximum Gasteiger partial charge on any atom is 0.270 e. The number of anilines is 2. The van der Waals surface area contributed by atoms with E-state index in [1.54, 1.807) is 4.57 Å². The molecule has 0 saturated carbocycles. The van der Waals surface area contributed by atoms with E-state index in [2.05, 4.69) is 36.9 Å². The first kappa shape index (κ1) is 24.6. The fourth-order valence-corrected chi connectivity index (χ4v) is 4.83. The zero-order valence-corrected chi connectivity index (χ0v) is 21.7. The highest BCUT2D eigenvalue weighted by Crippen LogP contribution is 2.27. The van der Waals surface area contributed by atoms with Crippen LogP contribution in [-0.4, -0.2) is 57.1 Å². The van der Waals surface area contributed by atoms with E-state index >= 15 is 0 Å². The van der Waals surface area contributed by atoms with Gasteiger partial charge in [0.2, 0.25) is 5.95 Å². The molecule has 1 fully saturated rings. The first-order chi connectivity index (χ1) is 19.0. The smallest absolute Gasteiger partial charge is 0.270 e. The van der Waals surface area contributed by atoms with Crippen molar-refractivity contribution in [2.45, 2.75) is 13.5 Å². The van der Waals surface area contributed by atoms with Gasteiger partial charge in [0.15, 0.2) is 11.4 Å². The molecule has 2 N–H and O–H groups in total. The van der Waals surface area contributed by atoms with Gasteiger partial charge in [0.1, 0.15) is 28.5 Å². The number of para-hydroxylation sites is 1. The minimum absolute atomic E-state index is 0.0708. The molecule has 2 aromatic carbocycles. The van der Waals surface area contributed by atoms with Crippen LogP contribution in [0, 0.1) is 6.92 Å². The quantitative estimate of drug-likeness (QED) is 0.338. The molecule has 4 heterocycles. The van der Waals surface area contributed by atoms with Gasteiger partial charge in [-0.05, 0) is 55.5 Å². The number of hydrogen-bond acceptors (Lipinski definition) is 9. The van der Waals surface area contributed by atoms with Gasteiger partial charge in [0.05, 0.1) is 6.20 Å². The van der Waals surface area contributed by atoms with Crippen LogP contribution in [0.1, 0.15) is 5.76 Å². The lowest BCUT2D eigenvalue weighted by Crippen LogP contribution is -2.47. The van der Waals surface area contributed by atoms with Crippen molar-refractivity contribution in [3.63, 3.8) is 0 Å². The lowest BCUT2D eigenvalue weighted by Gasteiger charge is -2.36. The molecule has 1 aliphatic rings. The molecule has 1 aliphatic heterocycles. The molecule has 198 valence electrons. The van der Waals surface area contributed by atoms with Gasteiger partial charge >= 0.3 is 0 Å². The van der Waals surface area contributed by atoms with Crippen molar-refractivity contribution in [2.75, 3.05) is 43.4 Å². The highest BCUT2D eigenvalue weighted by atomic mass is 16.5. The molecule has 39 heavy (non-hydrogen) atoms. The van der Waals surface area contributed by atoms with Gasteiger partial charge in [-0.1, -0.05) is 18.2 Å². The van der Waals surface area contributed by atoms with E-state index in [0.29, 0.717) is 35.7 Å². The molecule has 0 spiro atoms. The number of nitrogens with two attached hydrogens (primary N) is 1. The van der Waals surface area contributed by atoms with Gasteiger partial charge in [-0.2, -0.15) is 4.98 Å². The Morgan fingerprint density at radius 1 is 0.897 bits per heavy atom. The Kier molecular flexibility index (Phi) is 6.68. The number of aromatic nitrogens is 4. The zero-order chi connectivity index (χ0) is 26.8. The van der Waals surface area contributed by atoms with Crippen molar-refractivity contribution in [3.05, 3.63) is 89.0 Å². The fraction of sp³-hybridized carbons (Fsp3) is 0.241. The largest absolute Gasteiger partial charge is 0.460 e. The Morgan fingerprint density at radius 2 is 1.64 bits per heavy atom. The number of ether oxygens (including phenoxy) is 1. The Bertz CT molecular complexity index is 1640. The molecule has 10 heteroatoms. The standard InChI is InChI=1S/C29H29N7O3/c1-20-7-12-24(38-20)26-27-28(33-29(30)32-26)36(25(37)19-31-27)18-15-34-13-16-35(17-14-34)21-8-10-23(11-9-21)39-22-5-3-2-4-6-22/h2-12,19H,13-18H2,1H3,(H2,30,32,33). The molecule has 0 aliphatic carbocycles. The first-order valence-electron chi connectivity index (χ1n) is 12.9. The predicted molar refractivity (Wildman–Crippen MR) is 150 cm³/mol. The Hall–Kier alpha value is -4.70. The maximum atomic E-state index is 12.8. The number of piperazine rings is 1. The first-order valence-corrected chi connectivity index (χ1v) is 12.9. The van der Waals surface area contributed by atoms with E-state index < -0.39 is 0 Å². The van der Waals surface area contributed by atoms with Crippen LogP contribution >= 0.6 is 0 Å². The molecular formula is C29H29N7O3. The number of furan rings is 1. The Labute approximate surface area is 225 Å². The number of fused-ring (bicyclic) bond motifs is 1. The van der Waals surface area contributed by atoms with Crippen molar-refractivity contribution in [2.24, 2.45) is 0 Å². The number of hydrogen-bond donors (Lipinski definition) is 1. The summed E-state index contributed by atoms with van der Waals surface area (Å²) < 4.78 is 13.3. The number of aryl methyl sites for hydroxylation is 1. The maximum absolute atomic E-state index is 12.8. The minimum atomic E-state index is -0.223. The van der Waals surface area contributed by atoms with Crippen molar-refractivity contribution >= 4 is 22.8 Å². The molecule has 5 aromatic rings. The molecule has 10 nitrogen and oxygen atoms in total. The second-order valence-electron chi connectivity index (χ2n) is 9.50. The van der Waals surface area contributed by atoms with Crippen LogP contribution in [0.2, 0.25) is 0 Å². The number of rotatable bonds is 7. The van der Waals surface area contributed by atoms with E-state index in [4.69, 9.17) is 14.9 Å². The van der Waals surface area contributed by atoms with Crippen LogP contribution in [0.15, 0.2) is 82.1 Å². The van der Waals surface area contributed by atoms with Crippen molar-refractivity contribution in [1.82, 2.24) is 24.4 Å². The van der Waals surface area contributed by atoms with Gasteiger partial charge in [0.25, 0.3) is 5.56 Å². The molecule has 0 unspecified atom stereocenters. The summed E-state index contributed by atoms with van der Waals surface area (Å²) in [6, 6.07) is 21.6. The summed E-state index contributed by atoms with van der Waals surface area (Å²) in [5.74, 6) is 3.00. The monoisotopic (exact) mass is 523 g/mol. The summed E-state index contributed by atoms with van der Waals surface area (Å²) in [5, 5.41) is 0. The summed E-state index contributed by atoms with van der Waals surface area (Å²) >= 11 is 0. The van der Waals surface area contributed by atoms with Gasteiger partial charge < -0.3 is 19.8 Å². The van der Waals surface area contributed by atoms with E-state index in [1.807, 2.05) is 61.5 Å². The van der Waals surface area contributed by atoms with Crippen molar-refractivity contribution in [3.8, 4) is 23.0 Å². The average molecular weight is 524 g/mol. The molecule has 6 rings (SSSR count). The topological polar surface area (TPSA) is 116 Å². The number of nitrogens with zero attached hydrogens (tertiary/aromatic N) is 6. The summed E-state index contributed by atoms with van der Waals surface area (Å²) in [4.78, 5) is 30.5. The van der Waals surface area contributed by atoms with E-state index in [9.17, 15) is 4.79 Å². The van der Waals surface area contributed by atoms with Gasteiger partial charge in [-0.25, -0.2) is 9.97 Å². The van der Waals surface area contributed by atoms with E-state index in [-0.39, 0.29) is 11.5 Å². The Morgan fingerprint density at radius 3 is 2.36 bits per heavy atom. The number of nitrogen functional groups attached to an aromatic ring is 1. The minimum Gasteiger partial charge on any atom is -0.460 e. The second kappa shape index (κ2) is 10.6. The SMILES string of the molecule is Cc1ccc(-c2nc(N)nc3c2ncc(=O)n3CCN2CCN(c3ccc(Oc4ccccc4)cc3)CC2)o1. The lowest BCUT2D eigenvalue weighted by atomic mass is 10.2. The van der Waals surface area contributed by atoms with Gasteiger partial charge in [0, 0.05) is 45.0 Å². The van der Waals surface area contributed by atoms with Crippen LogP contribution in [0.5, 0.6) is 11.5 Å². The van der Waals surface area contributed by atoms with Crippen LogP contribution in [0.25, 0.3) is 22.6 Å². The van der Waals surface area contributed by atoms with Crippen molar-refractivity contribution in [1.29, 1.82) is 0 Å². The van der Waals surface area contributed by atoms with Crippen LogP contribution in [-0.2, 0) is 6.54 Å². The third kappa shape index (κ3) is 5.32. The second-order valence-corrected chi connectivity index (χ2v) is 9.50. The van der Waals surface area contributed by atoms with Crippen LogP contribution in [0.3, 0.4) is 0 Å². The van der Waals surface area contributed by atoms with Crippen molar-refractivity contribution < 1.29 is 9.15 Å². The predicted octanol–water partition coefficient (Wildman–Crippen LogP) is 3.95. The normalized spacial score (nSPS) is 14.1. The summed E-state index contributed by atoms with van der Waals surface area (Å²) in [7, 11) is 0. The molecular weight excluding hydrogens is 494 g/mol. The summed E-state index contributed by atoms with van der Waals surface area (Å²) in [5.41, 5.74) is 8.34. The lowest BCUT2D eigenvalue weighted by molar-refractivity contribution is 0.248. The average Bonchev–Trinajstić information content (AvgIpc) is 3.39. The highest BCUT2D eigenvalue weighted by molar-refractivity contribution is 5.86. The van der Waals surface area contributed by atoms with E-state index in [1.165, 1.54) is 11.9 Å². The third-order valence-corrected chi connectivity index (χ3v) is 6.88. The molecule has 0 bridgehead atoms. The summed E-state index contributed by atoms with van der Waals surface area (Å²) in [6.45, 7) is 6.58. The molecule has 0 amide bonds. The molecule has 3 aromatic heterocycles. The third-order valence-electron chi connectivity index (χ3n) is 6.88. The van der Waals surface area contributed by atoms with E-state index in [0.717, 1.165) is 43.4 Å². The van der Waals surface area contributed by atoms with Gasteiger partial charge in [-0.3, -0.25) is 14.3 Å². The Balaban J connectivity index is 1.11. The molecule has 0 radical (unpaired) electrons. The molecule has 1 saturated heterocycles.